The van der Waals surface area contributed by atoms with E-state index in [9.17, 15) is 0 Å². The van der Waals surface area contributed by atoms with Crippen molar-refractivity contribution in [3.8, 4) is 17.1 Å². The summed E-state index contributed by atoms with van der Waals surface area (Å²) >= 11 is 0. The number of benzene rings is 2. The minimum Gasteiger partial charge on any atom is -0.371 e. The van der Waals surface area contributed by atoms with Gasteiger partial charge in [0.2, 0.25) is 0 Å². The molecule has 6 heteroatoms. The van der Waals surface area contributed by atoms with Crippen molar-refractivity contribution in [2.24, 2.45) is 7.05 Å². The molecule has 0 atom stereocenters. The first kappa shape index (κ1) is 18.5. The summed E-state index contributed by atoms with van der Waals surface area (Å²) in [6.45, 7) is 8.26. The maximum Gasteiger partial charge on any atom is 0.127 e. The number of nitrogens with zero attached hydrogens (tertiary/aromatic N) is 5. The Morgan fingerprint density at radius 3 is 2.38 bits per heavy atom. The van der Waals surface area contributed by atoms with Crippen LogP contribution in [0.15, 0.2) is 30.6 Å². The predicted molar refractivity (Wildman–Crippen MR) is 98.9 cm³/mol. The van der Waals surface area contributed by atoms with Crippen molar-refractivity contribution in [2.45, 2.75) is 27.7 Å². The number of imidazole rings is 1. The van der Waals surface area contributed by atoms with Crippen molar-refractivity contribution in [1.82, 2.24) is 24.3 Å². The normalized spacial score (nSPS) is 11.0. The number of aryl methyl sites for hydroxylation is 5. The second kappa shape index (κ2) is 6.78. The molecule has 2 aromatic heterocycles. The van der Waals surface area contributed by atoms with Crippen molar-refractivity contribution in [1.29, 1.82) is 0 Å². The van der Waals surface area contributed by atoms with Crippen LogP contribution in [0.3, 0.4) is 0 Å². The van der Waals surface area contributed by atoms with Crippen LogP contribution in [0.1, 0.15) is 22.5 Å². The van der Waals surface area contributed by atoms with Gasteiger partial charge in [0.1, 0.15) is 6.33 Å². The molecule has 0 aliphatic rings. The number of hydrogen-bond acceptors (Lipinski definition) is 3. The summed E-state index contributed by atoms with van der Waals surface area (Å²) in [5.41, 5.74) is 7.45. The van der Waals surface area contributed by atoms with Crippen molar-refractivity contribution in [3.63, 3.8) is 0 Å². The first-order valence-corrected chi connectivity index (χ1v) is 8.30. The molecule has 0 aliphatic heterocycles. The van der Waals surface area contributed by atoms with Gasteiger partial charge in [0, 0.05) is 32.7 Å². The van der Waals surface area contributed by atoms with Crippen LogP contribution in [-0.2, 0) is 27.2 Å². The molecule has 0 unspecified atom stereocenters. The van der Waals surface area contributed by atoms with E-state index in [4.69, 9.17) is 4.98 Å². The molecule has 5 nitrogen and oxygen atoms in total. The summed E-state index contributed by atoms with van der Waals surface area (Å²) in [4.78, 5) is 9.26. The second-order valence-electron chi connectivity index (χ2n) is 6.50. The topological polar surface area (TPSA) is 48.5 Å². The Hall–Kier alpha value is -2.30. The van der Waals surface area contributed by atoms with Crippen molar-refractivity contribution >= 4 is 11.0 Å². The van der Waals surface area contributed by atoms with E-state index in [1.807, 2.05) is 24.7 Å². The molecule has 0 N–H and O–H groups in total. The van der Waals surface area contributed by atoms with Crippen LogP contribution < -0.4 is 0 Å². The number of rotatable bonds is 2. The van der Waals surface area contributed by atoms with Gasteiger partial charge in [-0.3, -0.25) is 14.6 Å². The molecule has 2 heterocycles. The van der Waals surface area contributed by atoms with Gasteiger partial charge in [-0.15, -0.1) is 17.7 Å². The predicted octanol–water partition coefficient (Wildman–Crippen LogP) is 3.85. The summed E-state index contributed by atoms with van der Waals surface area (Å²) in [6, 6.07) is 11.6. The molecule has 1 radical (unpaired) electrons. The molecular weight excluding hydrogens is 502 g/mol. The minimum atomic E-state index is 0. The standard InChI is InChI=1S/C20H20N5.Ir/c1-12-9-10-16(19-17(12)23-15(4)24(19)5)20-21-11-22-25(20)18-13(2)7-6-8-14(18)3;/h6-9,11H,1-5H3;/q-1;. The zero-order valence-corrected chi connectivity index (χ0v) is 17.9. The van der Waals surface area contributed by atoms with E-state index in [1.165, 1.54) is 0 Å². The molecule has 0 spiro atoms. The van der Waals surface area contributed by atoms with Gasteiger partial charge >= 0.3 is 0 Å². The van der Waals surface area contributed by atoms with Crippen LogP contribution in [0, 0.1) is 33.8 Å². The van der Waals surface area contributed by atoms with Crippen LogP contribution in [0.2, 0.25) is 0 Å². The molecule has 0 fully saturated rings. The van der Waals surface area contributed by atoms with E-state index >= 15 is 0 Å². The van der Waals surface area contributed by atoms with Gasteiger partial charge in [0.25, 0.3) is 0 Å². The summed E-state index contributed by atoms with van der Waals surface area (Å²) < 4.78 is 4.01. The molecule has 2 aromatic carbocycles. The van der Waals surface area contributed by atoms with Gasteiger partial charge in [0.15, 0.2) is 0 Å². The van der Waals surface area contributed by atoms with E-state index in [0.29, 0.717) is 0 Å². The molecular formula is C20H20IrN5-. The van der Waals surface area contributed by atoms with Crippen LogP contribution in [0.25, 0.3) is 28.1 Å². The van der Waals surface area contributed by atoms with Crippen LogP contribution in [0.5, 0.6) is 0 Å². The Morgan fingerprint density at radius 1 is 1.00 bits per heavy atom. The van der Waals surface area contributed by atoms with Gasteiger partial charge < -0.3 is 4.57 Å². The van der Waals surface area contributed by atoms with Crippen molar-refractivity contribution in [2.75, 3.05) is 0 Å². The number of aromatic nitrogens is 5. The van der Waals surface area contributed by atoms with E-state index in [-0.39, 0.29) is 20.1 Å². The largest absolute Gasteiger partial charge is 0.371 e. The minimum absolute atomic E-state index is 0. The average molecular weight is 523 g/mol. The Balaban J connectivity index is 0.00000196. The zero-order chi connectivity index (χ0) is 17.7. The summed E-state index contributed by atoms with van der Waals surface area (Å²) in [7, 11) is 2.03. The van der Waals surface area contributed by atoms with E-state index in [1.54, 1.807) is 6.33 Å². The molecule has 135 valence electrons. The Labute approximate surface area is 166 Å². The molecule has 0 saturated heterocycles. The summed E-state index contributed by atoms with van der Waals surface area (Å²) in [6.07, 6.45) is 1.60. The van der Waals surface area contributed by atoms with Gasteiger partial charge in [-0.1, -0.05) is 30.7 Å². The number of hydrogen-bond donors (Lipinski definition) is 0. The third kappa shape index (κ3) is 2.70. The maximum atomic E-state index is 4.71. The number of fused-ring (bicyclic) bond motifs is 1. The van der Waals surface area contributed by atoms with E-state index < -0.39 is 0 Å². The first-order chi connectivity index (χ1) is 12.0. The van der Waals surface area contributed by atoms with Gasteiger partial charge in [-0.2, -0.15) is 5.10 Å². The third-order valence-electron chi connectivity index (χ3n) is 4.78. The Morgan fingerprint density at radius 2 is 1.69 bits per heavy atom. The molecule has 0 amide bonds. The van der Waals surface area contributed by atoms with Crippen LogP contribution >= 0.6 is 0 Å². The smallest absolute Gasteiger partial charge is 0.127 e. The average Bonchev–Trinajstić information content (AvgIpc) is 3.15. The van der Waals surface area contributed by atoms with Crippen molar-refractivity contribution < 1.29 is 20.1 Å². The fourth-order valence-corrected chi connectivity index (χ4v) is 3.37. The maximum absolute atomic E-state index is 4.71. The third-order valence-corrected chi connectivity index (χ3v) is 4.78. The Kier molecular flexibility index (Phi) is 4.82. The molecule has 0 aliphatic carbocycles. The van der Waals surface area contributed by atoms with Gasteiger partial charge in [-0.25, -0.2) is 0 Å². The number of para-hydroxylation sites is 1. The van der Waals surface area contributed by atoms with Crippen molar-refractivity contribution in [3.05, 3.63) is 59.2 Å². The first-order valence-electron chi connectivity index (χ1n) is 8.30. The van der Waals surface area contributed by atoms with E-state index in [0.717, 1.165) is 50.6 Å². The van der Waals surface area contributed by atoms with Crippen LogP contribution in [-0.4, -0.2) is 24.3 Å². The molecule has 4 rings (SSSR count). The van der Waals surface area contributed by atoms with Gasteiger partial charge in [-0.05, 0) is 37.4 Å². The fraction of sp³-hybridized carbons (Fsp3) is 0.250. The quantitative estimate of drug-likeness (QED) is 0.376. The second-order valence-corrected chi connectivity index (χ2v) is 6.50. The molecule has 0 bridgehead atoms. The summed E-state index contributed by atoms with van der Waals surface area (Å²) in [5, 5.41) is 4.51. The fourth-order valence-electron chi connectivity index (χ4n) is 3.37. The molecule has 26 heavy (non-hydrogen) atoms. The SMILES string of the molecule is Cc1cccc(C)c1-n1ncnc1-c1[c-]cc(C)c2nc(C)n(C)c12.[Ir]. The molecule has 0 saturated carbocycles. The van der Waals surface area contributed by atoms with Gasteiger partial charge in [0.05, 0.1) is 17.3 Å². The molecule has 4 aromatic rings. The van der Waals surface area contributed by atoms with E-state index in [2.05, 4.69) is 59.7 Å². The monoisotopic (exact) mass is 523 g/mol. The summed E-state index contributed by atoms with van der Waals surface area (Å²) in [5.74, 6) is 1.75. The van der Waals surface area contributed by atoms with Crippen LogP contribution in [0.4, 0.5) is 0 Å². The Bertz CT molecular complexity index is 1090. The zero-order valence-electron chi connectivity index (χ0n) is 15.5.